The number of ether oxygens (including phenoxy) is 4. The lowest BCUT2D eigenvalue weighted by Gasteiger charge is -2.21. The van der Waals surface area contributed by atoms with Crippen LogP contribution in [-0.4, -0.2) is 96.7 Å². The van der Waals surface area contributed by atoms with Gasteiger partial charge < -0.3 is 33.8 Å². The van der Waals surface area contributed by atoms with Gasteiger partial charge in [-0.05, 0) is 89.9 Å². The highest BCUT2D eigenvalue weighted by atomic mass is 31.2. The number of rotatable bonds is 74. The van der Waals surface area contributed by atoms with E-state index in [1.807, 2.05) is 24.3 Å². The highest BCUT2D eigenvalue weighted by Crippen LogP contribution is 2.45. The van der Waals surface area contributed by atoms with Gasteiger partial charge in [0, 0.05) is 19.3 Å². The number of hydrogen-bond donors (Lipinski definition) is 3. The molecule has 0 aliphatic carbocycles. The maximum absolute atomic E-state index is 13.1. The molecule has 0 saturated carbocycles. The monoisotopic (exact) mass is 1470 g/mol. The minimum absolute atomic E-state index is 0.0615. The van der Waals surface area contributed by atoms with Crippen molar-refractivity contribution in [2.45, 2.75) is 341 Å². The average Bonchev–Trinajstić information content (AvgIpc) is 0.923. The Morgan fingerprint density at radius 1 is 0.294 bits per heavy atom. The Bertz CT molecular complexity index is 2410. The molecule has 0 amide bonds. The van der Waals surface area contributed by atoms with Gasteiger partial charge in [-0.15, -0.1) is 0 Å². The number of aliphatic hydroxyl groups excluding tert-OH is 1. The van der Waals surface area contributed by atoms with E-state index in [1.165, 1.54) is 135 Å². The van der Waals surface area contributed by atoms with Gasteiger partial charge in [0.1, 0.15) is 19.3 Å². The smallest absolute Gasteiger partial charge is 0.462 e. The molecular weight excluding hydrogens is 1330 g/mol. The third-order valence-electron chi connectivity index (χ3n) is 16.5. The number of carbonyl (C=O) groups is 4. The van der Waals surface area contributed by atoms with Crippen molar-refractivity contribution >= 4 is 39.5 Å². The Morgan fingerprint density at radius 3 is 0.873 bits per heavy atom. The molecular formula is C83H142O17P2. The van der Waals surface area contributed by atoms with E-state index >= 15 is 0 Å². The zero-order valence-corrected chi connectivity index (χ0v) is 65.8. The molecule has 586 valence electrons. The molecule has 0 heterocycles. The van der Waals surface area contributed by atoms with E-state index in [0.29, 0.717) is 32.1 Å². The lowest BCUT2D eigenvalue weighted by atomic mass is 10.0. The van der Waals surface area contributed by atoms with Crippen LogP contribution in [0.5, 0.6) is 0 Å². The molecule has 0 aromatic rings. The molecule has 0 aliphatic rings. The standard InChI is InChI=1S/C83H142O17P2/c1-5-9-13-17-21-25-29-33-37-38-42-44-48-52-56-60-64-68-81(86)94-74-79(100-83(88)70-66-62-58-54-50-46-41-36-32-28-24-20-16-12-8-4)76-98-102(91,92)96-72-77(84)71-95-101(89,90)97-75-78(99-82(87)69-65-61-57-53-49-45-40-35-31-27-23-19-15-11-7-3)73-93-80(85)67-63-59-55-51-47-43-39-34-30-26-22-18-14-10-6-2/h9,12-13,16,21,24-25,28,33,36-37,41-42,44,50,52,54,56,62,66,77-79,84H,5-8,10-11,14-15,17-20,22-23,26-27,29-32,34-35,38-40,43,45-49,51,53,55,57-61,63-65,67-76H2,1-4H3,(H,89,90)(H,91,92)/b13-9-,16-12-,25-21-,28-24-,37-33-,41-36-,44-42-,54-50-,56-52-,66-62-. The second-order valence-corrected chi connectivity index (χ2v) is 29.2. The molecule has 0 aromatic heterocycles. The quantitative estimate of drug-likeness (QED) is 0.0169. The van der Waals surface area contributed by atoms with Crippen LogP contribution in [0.1, 0.15) is 323 Å². The van der Waals surface area contributed by atoms with Crippen molar-refractivity contribution in [1.29, 1.82) is 0 Å². The summed E-state index contributed by atoms with van der Waals surface area (Å²) in [6.45, 7) is 4.51. The Labute approximate surface area is 619 Å². The summed E-state index contributed by atoms with van der Waals surface area (Å²) in [7, 11) is -10.00. The molecule has 5 atom stereocenters. The molecule has 17 nitrogen and oxygen atoms in total. The number of phosphoric ester groups is 2. The Balaban J connectivity index is 5.45. The van der Waals surface area contributed by atoms with Crippen molar-refractivity contribution in [2.24, 2.45) is 0 Å². The van der Waals surface area contributed by atoms with Gasteiger partial charge in [-0.2, -0.15) is 0 Å². The Morgan fingerprint density at radius 2 is 0.549 bits per heavy atom. The largest absolute Gasteiger partial charge is 0.472 e. The van der Waals surface area contributed by atoms with Crippen molar-refractivity contribution < 1.29 is 80.2 Å². The summed E-state index contributed by atoms with van der Waals surface area (Å²) < 4.78 is 68.4. The van der Waals surface area contributed by atoms with E-state index in [-0.39, 0.29) is 25.7 Å². The lowest BCUT2D eigenvalue weighted by Crippen LogP contribution is -2.30. The van der Waals surface area contributed by atoms with Gasteiger partial charge in [0.15, 0.2) is 12.2 Å². The number of unbranched alkanes of at least 4 members (excludes halogenated alkanes) is 29. The van der Waals surface area contributed by atoms with Crippen molar-refractivity contribution in [1.82, 2.24) is 0 Å². The first-order valence-corrected chi connectivity index (χ1v) is 42.8. The topological polar surface area (TPSA) is 237 Å². The fourth-order valence-electron chi connectivity index (χ4n) is 10.5. The number of aliphatic hydroxyl groups is 1. The Hall–Kier alpha value is -4.54. The summed E-state index contributed by atoms with van der Waals surface area (Å²) in [5, 5.41) is 10.6. The van der Waals surface area contributed by atoms with Gasteiger partial charge in [-0.25, -0.2) is 9.13 Å². The predicted molar refractivity (Wildman–Crippen MR) is 418 cm³/mol. The third kappa shape index (κ3) is 73.8. The van der Waals surface area contributed by atoms with Gasteiger partial charge >= 0.3 is 39.5 Å². The molecule has 0 rings (SSSR count). The number of phosphoric acid groups is 2. The van der Waals surface area contributed by atoms with E-state index in [2.05, 4.69) is 113 Å². The number of allylic oxidation sites excluding steroid dienone is 19. The molecule has 0 aromatic carbocycles. The molecule has 102 heavy (non-hydrogen) atoms. The van der Waals surface area contributed by atoms with E-state index in [1.54, 1.807) is 12.2 Å². The normalized spacial score (nSPS) is 14.5. The van der Waals surface area contributed by atoms with Gasteiger partial charge in [0.2, 0.25) is 0 Å². The first-order chi connectivity index (χ1) is 49.7. The van der Waals surface area contributed by atoms with E-state index in [9.17, 15) is 43.2 Å². The second kappa shape index (κ2) is 74.7. The molecule has 0 aliphatic heterocycles. The highest BCUT2D eigenvalue weighted by Gasteiger charge is 2.30. The van der Waals surface area contributed by atoms with Crippen LogP contribution in [0.2, 0.25) is 0 Å². The van der Waals surface area contributed by atoms with Crippen LogP contribution in [0.4, 0.5) is 0 Å². The summed E-state index contributed by atoms with van der Waals surface area (Å²) in [6, 6.07) is 0. The molecule has 19 heteroatoms. The number of hydrogen-bond acceptors (Lipinski definition) is 15. The third-order valence-corrected chi connectivity index (χ3v) is 18.4. The van der Waals surface area contributed by atoms with Crippen molar-refractivity contribution in [3.8, 4) is 0 Å². The summed E-state index contributed by atoms with van der Waals surface area (Å²) in [6.07, 6.45) is 82.2. The molecule has 0 spiro atoms. The number of esters is 4. The first-order valence-electron chi connectivity index (χ1n) is 39.8. The summed E-state index contributed by atoms with van der Waals surface area (Å²) in [4.78, 5) is 72.9. The molecule has 0 fully saturated rings. The first kappa shape index (κ1) is 97.5. The maximum atomic E-state index is 13.1. The Kier molecular flexibility index (Phi) is 71.4. The van der Waals surface area contributed by atoms with Crippen molar-refractivity contribution in [3.05, 3.63) is 122 Å². The van der Waals surface area contributed by atoms with Crippen LogP contribution in [0.15, 0.2) is 122 Å². The zero-order valence-electron chi connectivity index (χ0n) is 64.0. The fraction of sp³-hybridized carbons (Fsp3) is 0.711. The van der Waals surface area contributed by atoms with E-state index in [0.717, 1.165) is 103 Å². The highest BCUT2D eigenvalue weighted by molar-refractivity contribution is 7.47. The van der Waals surface area contributed by atoms with Crippen LogP contribution in [0.3, 0.4) is 0 Å². The van der Waals surface area contributed by atoms with Crippen LogP contribution < -0.4 is 0 Å². The molecule has 0 saturated heterocycles. The summed E-state index contributed by atoms with van der Waals surface area (Å²) in [5.74, 6) is -2.38. The number of carbonyl (C=O) groups excluding carboxylic acids is 4. The lowest BCUT2D eigenvalue weighted by molar-refractivity contribution is -0.161. The minimum Gasteiger partial charge on any atom is -0.462 e. The van der Waals surface area contributed by atoms with E-state index in [4.69, 9.17) is 37.0 Å². The SMILES string of the molecule is CC/C=C\C/C=C\C/C=C\C/C=C\C/C=C\CCCC(=O)OCC(COP(=O)(O)OCC(O)COP(=O)(O)OCC(COC(=O)CCCCCCCCCCCCCCCCC)OC(=O)CCCCCCCCCCCCCCCCC)OC(=O)C/C=C\C/C=C\C/C=C\C/C=C\C/C=C\CC. The van der Waals surface area contributed by atoms with Crippen LogP contribution >= 0.6 is 15.6 Å². The van der Waals surface area contributed by atoms with Gasteiger partial charge in [-0.3, -0.25) is 37.3 Å². The predicted octanol–water partition coefficient (Wildman–Crippen LogP) is 23.1. The minimum atomic E-state index is -5.01. The van der Waals surface area contributed by atoms with Crippen molar-refractivity contribution in [3.63, 3.8) is 0 Å². The van der Waals surface area contributed by atoms with Gasteiger partial charge in [0.25, 0.3) is 0 Å². The summed E-state index contributed by atoms with van der Waals surface area (Å²) >= 11 is 0. The zero-order chi connectivity index (χ0) is 74.6. The second-order valence-electron chi connectivity index (χ2n) is 26.3. The molecule has 0 bridgehead atoms. The van der Waals surface area contributed by atoms with Gasteiger partial charge in [-0.1, -0.05) is 329 Å². The van der Waals surface area contributed by atoms with Gasteiger partial charge in [0.05, 0.1) is 32.8 Å². The molecule has 3 N–H and O–H groups in total. The van der Waals surface area contributed by atoms with Crippen molar-refractivity contribution in [2.75, 3.05) is 39.6 Å². The van der Waals surface area contributed by atoms with Crippen LogP contribution in [0, 0.1) is 0 Å². The maximum Gasteiger partial charge on any atom is 0.472 e. The fourth-order valence-corrected chi connectivity index (χ4v) is 12.1. The van der Waals surface area contributed by atoms with Crippen LogP contribution in [-0.2, 0) is 65.4 Å². The van der Waals surface area contributed by atoms with E-state index < -0.39 is 97.5 Å². The molecule has 5 unspecified atom stereocenters. The average molecular weight is 1470 g/mol. The molecule has 0 radical (unpaired) electrons. The van der Waals surface area contributed by atoms with Crippen LogP contribution in [0.25, 0.3) is 0 Å². The summed E-state index contributed by atoms with van der Waals surface area (Å²) in [5.41, 5.74) is 0.